The first-order valence-corrected chi connectivity index (χ1v) is 6.55. The van der Waals surface area contributed by atoms with Gasteiger partial charge in [-0.2, -0.15) is 0 Å². The minimum atomic E-state index is -1.17. The normalized spacial score (nSPS) is 15.6. The molecule has 0 saturated heterocycles. The molecule has 3 heteroatoms. The zero-order chi connectivity index (χ0) is 12.1. The lowest BCUT2D eigenvalue weighted by Gasteiger charge is -2.08. The molecule has 1 N–H and O–H groups in total. The van der Waals surface area contributed by atoms with Gasteiger partial charge in [0.25, 0.3) is 0 Å². The maximum atomic E-state index is 11.8. The third-order valence-corrected chi connectivity index (χ3v) is 3.48. The second-order valence-electron chi connectivity index (χ2n) is 4.17. The monoisotopic (exact) mass is 238 g/mol. The Balaban J connectivity index is 2.69. The summed E-state index contributed by atoms with van der Waals surface area (Å²) in [7, 11) is -1.17. The van der Waals surface area contributed by atoms with E-state index in [4.69, 9.17) is 0 Å². The number of hydrogen-bond acceptors (Lipinski definition) is 2. The highest BCUT2D eigenvalue weighted by Gasteiger charge is 2.05. The number of rotatable bonds is 4. The van der Waals surface area contributed by atoms with Crippen molar-refractivity contribution in [3.8, 4) is 0 Å². The maximum absolute atomic E-state index is 11.8. The van der Waals surface area contributed by atoms with E-state index in [0.29, 0.717) is 0 Å². The van der Waals surface area contributed by atoms with Gasteiger partial charge in [0.2, 0.25) is 0 Å². The molecule has 2 nitrogen and oxygen atoms in total. The third-order valence-electron chi connectivity index (χ3n) is 2.34. The quantitative estimate of drug-likeness (QED) is 0.875. The number of aliphatic hydroxyl groups is 1. The molecule has 0 aliphatic heterocycles. The predicted molar refractivity (Wildman–Crippen MR) is 67.6 cm³/mol. The van der Waals surface area contributed by atoms with E-state index < -0.39 is 16.9 Å². The molecule has 0 aromatic heterocycles. The fourth-order valence-corrected chi connectivity index (χ4v) is 1.99. The summed E-state index contributed by atoms with van der Waals surface area (Å²) < 4.78 is 11.8. The van der Waals surface area contributed by atoms with Crippen LogP contribution in [0.25, 0.3) is 0 Å². The van der Waals surface area contributed by atoms with Crippen LogP contribution in [0.15, 0.2) is 40.6 Å². The fourth-order valence-electron chi connectivity index (χ4n) is 1.13. The molecule has 0 saturated carbocycles. The topological polar surface area (TPSA) is 37.3 Å². The average molecular weight is 238 g/mol. The van der Waals surface area contributed by atoms with Crippen molar-refractivity contribution in [2.24, 2.45) is 5.92 Å². The van der Waals surface area contributed by atoms with Gasteiger partial charge in [-0.15, -0.1) is 0 Å². The Bertz CT molecular complexity index is 379. The lowest BCUT2D eigenvalue weighted by atomic mass is 10.1. The van der Waals surface area contributed by atoms with E-state index in [1.54, 1.807) is 11.5 Å². The zero-order valence-electron chi connectivity index (χ0n) is 9.88. The molecule has 0 amide bonds. The molecule has 1 unspecified atom stereocenters. The van der Waals surface area contributed by atoms with Gasteiger partial charge in [-0.05, 0) is 31.1 Å². The smallest absolute Gasteiger partial charge is 0.0773 e. The summed E-state index contributed by atoms with van der Waals surface area (Å²) in [6, 6.07) is 7.55. The Kier molecular flexibility index (Phi) is 4.90. The highest BCUT2D eigenvalue weighted by molar-refractivity contribution is 7.88. The van der Waals surface area contributed by atoms with Crippen LogP contribution in [0.2, 0.25) is 0 Å². The second-order valence-corrected chi connectivity index (χ2v) is 5.51. The van der Waals surface area contributed by atoms with Crippen molar-refractivity contribution in [1.82, 2.24) is 0 Å². The van der Waals surface area contributed by atoms with Crippen molar-refractivity contribution in [1.29, 1.82) is 0 Å². The fraction of sp³-hybridized carbons (Fsp3) is 0.385. The highest BCUT2D eigenvalue weighted by Crippen LogP contribution is 2.10. The molecule has 2 atom stereocenters. The van der Waals surface area contributed by atoms with Gasteiger partial charge in [-0.1, -0.05) is 31.5 Å². The van der Waals surface area contributed by atoms with Gasteiger partial charge in [0.15, 0.2) is 0 Å². The van der Waals surface area contributed by atoms with Gasteiger partial charge in [-0.25, -0.2) is 4.21 Å². The van der Waals surface area contributed by atoms with Crippen LogP contribution in [0.4, 0.5) is 0 Å². The molecule has 1 aromatic rings. The van der Waals surface area contributed by atoms with Crippen molar-refractivity contribution in [2.75, 3.05) is 0 Å². The summed E-state index contributed by atoms with van der Waals surface area (Å²) >= 11 is 0. The number of aryl methyl sites for hydroxylation is 1. The predicted octanol–water partition coefficient (Wildman–Crippen LogP) is 2.63. The average Bonchev–Trinajstić information content (AvgIpc) is 2.26. The minimum absolute atomic E-state index is 0.145. The molecule has 0 spiro atoms. The Morgan fingerprint density at radius 1 is 1.25 bits per heavy atom. The van der Waals surface area contributed by atoms with E-state index in [0.717, 1.165) is 10.5 Å². The van der Waals surface area contributed by atoms with E-state index in [-0.39, 0.29) is 5.92 Å². The molecule has 0 aliphatic carbocycles. The van der Waals surface area contributed by atoms with Crippen molar-refractivity contribution in [3.05, 3.63) is 41.3 Å². The van der Waals surface area contributed by atoms with E-state index >= 15 is 0 Å². The zero-order valence-corrected chi connectivity index (χ0v) is 10.7. The van der Waals surface area contributed by atoms with Crippen LogP contribution in [0.5, 0.6) is 0 Å². The van der Waals surface area contributed by atoms with E-state index in [1.165, 1.54) is 0 Å². The van der Waals surface area contributed by atoms with Crippen LogP contribution < -0.4 is 0 Å². The summed E-state index contributed by atoms with van der Waals surface area (Å²) in [5, 5.41) is 11.1. The van der Waals surface area contributed by atoms with Crippen molar-refractivity contribution < 1.29 is 9.32 Å². The van der Waals surface area contributed by atoms with Crippen LogP contribution in [0.1, 0.15) is 19.4 Å². The van der Waals surface area contributed by atoms with Gasteiger partial charge in [0.05, 0.1) is 16.9 Å². The lowest BCUT2D eigenvalue weighted by molar-refractivity contribution is 0.172. The number of benzene rings is 1. The van der Waals surface area contributed by atoms with Crippen LogP contribution in [-0.2, 0) is 10.8 Å². The van der Waals surface area contributed by atoms with Gasteiger partial charge >= 0.3 is 0 Å². The summed E-state index contributed by atoms with van der Waals surface area (Å²) in [6.07, 6.45) is 1.06. The Labute approximate surface area is 99.5 Å². The van der Waals surface area contributed by atoms with Gasteiger partial charge in [-0.3, -0.25) is 0 Å². The first kappa shape index (κ1) is 13.1. The molecule has 0 aliphatic rings. The van der Waals surface area contributed by atoms with Crippen LogP contribution >= 0.6 is 0 Å². The van der Waals surface area contributed by atoms with Crippen LogP contribution in [0.3, 0.4) is 0 Å². The minimum Gasteiger partial charge on any atom is -0.389 e. The molecular weight excluding hydrogens is 220 g/mol. The molecule has 1 rings (SSSR count). The lowest BCUT2D eigenvalue weighted by Crippen LogP contribution is -2.10. The standard InChI is InChI=1S/C13H18O2S/c1-10(2)13(14)8-9-16(15)12-6-4-11(3)5-7-12/h4-10,13-14H,1-3H3/b9-8+/t13-,16?/m1/s1. The third kappa shape index (κ3) is 3.91. The van der Waals surface area contributed by atoms with Crippen molar-refractivity contribution in [2.45, 2.75) is 31.8 Å². The van der Waals surface area contributed by atoms with Gasteiger partial charge in [0, 0.05) is 10.3 Å². The summed E-state index contributed by atoms with van der Waals surface area (Å²) in [4.78, 5) is 0.762. The molecule has 0 bridgehead atoms. The molecule has 0 heterocycles. The molecule has 16 heavy (non-hydrogen) atoms. The highest BCUT2D eigenvalue weighted by atomic mass is 32.2. The number of aliphatic hydroxyl groups excluding tert-OH is 1. The molecule has 1 aromatic carbocycles. The van der Waals surface area contributed by atoms with Crippen LogP contribution in [0, 0.1) is 12.8 Å². The first-order valence-electron chi connectivity index (χ1n) is 5.34. The van der Waals surface area contributed by atoms with Crippen molar-refractivity contribution in [3.63, 3.8) is 0 Å². The Hall–Kier alpha value is -0.930. The van der Waals surface area contributed by atoms with Gasteiger partial charge < -0.3 is 5.11 Å². The molecular formula is C13H18O2S. The second kappa shape index (κ2) is 5.97. The largest absolute Gasteiger partial charge is 0.389 e. The van der Waals surface area contributed by atoms with E-state index in [9.17, 15) is 9.32 Å². The maximum Gasteiger partial charge on any atom is 0.0773 e. The number of hydrogen-bond donors (Lipinski definition) is 1. The SMILES string of the molecule is Cc1ccc(S(=O)/C=C/[C@@H](O)C(C)C)cc1. The summed E-state index contributed by atoms with van der Waals surface area (Å²) in [6.45, 7) is 5.83. The Morgan fingerprint density at radius 3 is 2.31 bits per heavy atom. The first-order chi connectivity index (χ1) is 7.50. The van der Waals surface area contributed by atoms with Crippen molar-refractivity contribution >= 4 is 10.8 Å². The van der Waals surface area contributed by atoms with Crippen LogP contribution in [-0.4, -0.2) is 15.4 Å². The molecule has 0 fully saturated rings. The van der Waals surface area contributed by atoms with Gasteiger partial charge in [0.1, 0.15) is 0 Å². The summed E-state index contributed by atoms with van der Waals surface area (Å²) in [5.74, 6) is 0.145. The molecule has 88 valence electrons. The van der Waals surface area contributed by atoms with E-state index in [2.05, 4.69) is 0 Å². The molecule has 0 radical (unpaired) electrons. The van der Waals surface area contributed by atoms with E-state index in [1.807, 2.05) is 45.0 Å². The Morgan fingerprint density at radius 2 is 1.81 bits per heavy atom. The summed E-state index contributed by atoms with van der Waals surface area (Å²) in [5.41, 5.74) is 1.15.